The van der Waals surface area contributed by atoms with Crippen LogP contribution in [0.25, 0.3) is 0 Å². The zero-order valence-electron chi connectivity index (χ0n) is 10.1. The number of nitrogens with two attached hydrogens (primary N) is 1. The predicted octanol–water partition coefficient (Wildman–Crippen LogP) is 2.96. The average Bonchev–Trinajstić information content (AvgIpc) is 3.06. The largest absolute Gasteiger partial charge is 0.496 e. The van der Waals surface area contributed by atoms with Crippen LogP contribution in [0.15, 0.2) is 6.07 Å². The zero-order chi connectivity index (χ0) is 11.9. The minimum atomic E-state index is 0.144. The summed E-state index contributed by atoms with van der Waals surface area (Å²) in [5.41, 5.74) is 9.38. The maximum Gasteiger partial charge on any atom is 0.127 e. The second kappa shape index (κ2) is 3.94. The van der Waals surface area contributed by atoms with Gasteiger partial charge in [0.05, 0.1) is 12.1 Å². The minimum absolute atomic E-state index is 0.144. The first-order valence-electron chi connectivity index (χ1n) is 5.60. The number of hydrogen-bond acceptors (Lipinski definition) is 2. The highest BCUT2D eigenvalue weighted by Crippen LogP contribution is 2.52. The SMILES string of the molecule is COc1c(C2(CN)CC2)cc(C)c(Cl)c1C. The van der Waals surface area contributed by atoms with Crippen molar-refractivity contribution in [2.45, 2.75) is 32.1 Å². The number of aryl methyl sites for hydroxylation is 1. The molecule has 0 aromatic heterocycles. The average molecular weight is 240 g/mol. The molecule has 2 N–H and O–H groups in total. The molecule has 1 saturated carbocycles. The van der Waals surface area contributed by atoms with Crippen molar-refractivity contribution in [3.05, 3.63) is 27.8 Å². The van der Waals surface area contributed by atoms with Gasteiger partial charge in [-0.2, -0.15) is 0 Å². The molecule has 1 aromatic carbocycles. The molecule has 0 amide bonds. The maximum absolute atomic E-state index is 6.24. The molecule has 0 atom stereocenters. The number of halogens is 1. The molecule has 0 aliphatic heterocycles. The lowest BCUT2D eigenvalue weighted by atomic mass is 9.91. The Bertz CT molecular complexity index is 424. The summed E-state index contributed by atoms with van der Waals surface area (Å²) in [6.45, 7) is 4.72. The van der Waals surface area contributed by atoms with Crippen LogP contribution in [0.1, 0.15) is 29.5 Å². The molecule has 1 aliphatic rings. The number of methoxy groups -OCH3 is 1. The molecule has 1 fully saturated rings. The van der Waals surface area contributed by atoms with Crippen LogP contribution < -0.4 is 10.5 Å². The van der Waals surface area contributed by atoms with Gasteiger partial charge in [0.1, 0.15) is 5.75 Å². The molecule has 1 aromatic rings. The molecule has 3 heteroatoms. The molecule has 0 radical (unpaired) electrons. The molecular formula is C13H18ClNO. The number of hydrogen-bond donors (Lipinski definition) is 1. The zero-order valence-corrected chi connectivity index (χ0v) is 10.8. The van der Waals surface area contributed by atoms with Crippen LogP contribution in [0.3, 0.4) is 0 Å². The van der Waals surface area contributed by atoms with E-state index in [-0.39, 0.29) is 5.41 Å². The van der Waals surface area contributed by atoms with E-state index >= 15 is 0 Å². The second-order valence-electron chi connectivity index (χ2n) is 4.70. The van der Waals surface area contributed by atoms with Crippen LogP contribution in [0.2, 0.25) is 5.02 Å². The van der Waals surface area contributed by atoms with E-state index < -0.39 is 0 Å². The highest BCUT2D eigenvalue weighted by molar-refractivity contribution is 6.32. The summed E-state index contributed by atoms with van der Waals surface area (Å²) in [6.07, 6.45) is 2.31. The topological polar surface area (TPSA) is 35.2 Å². The summed E-state index contributed by atoms with van der Waals surface area (Å²) in [7, 11) is 1.70. The fourth-order valence-electron chi connectivity index (χ4n) is 2.33. The van der Waals surface area contributed by atoms with Gasteiger partial charge in [0.15, 0.2) is 0 Å². The molecule has 0 spiro atoms. The maximum atomic E-state index is 6.24. The molecule has 0 unspecified atom stereocenters. The lowest BCUT2D eigenvalue weighted by Crippen LogP contribution is -2.21. The number of ether oxygens (including phenoxy) is 1. The van der Waals surface area contributed by atoms with E-state index in [1.54, 1.807) is 7.11 Å². The first-order valence-corrected chi connectivity index (χ1v) is 5.98. The Morgan fingerprint density at radius 2 is 2.06 bits per heavy atom. The third-order valence-corrected chi connectivity index (χ3v) is 4.22. The van der Waals surface area contributed by atoms with Gasteiger partial charge >= 0.3 is 0 Å². The quantitative estimate of drug-likeness (QED) is 0.880. The normalized spacial score (nSPS) is 17.3. The first-order chi connectivity index (χ1) is 7.55. The van der Waals surface area contributed by atoms with Crippen LogP contribution in [0, 0.1) is 13.8 Å². The fraction of sp³-hybridized carbons (Fsp3) is 0.538. The molecular weight excluding hydrogens is 222 g/mol. The van der Waals surface area contributed by atoms with E-state index in [9.17, 15) is 0 Å². The molecule has 0 heterocycles. The fourth-order valence-corrected chi connectivity index (χ4v) is 2.47. The van der Waals surface area contributed by atoms with E-state index in [0.717, 1.165) is 34.7 Å². The monoisotopic (exact) mass is 239 g/mol. The summed E-state index contributed by atoms with van der Waals surface area (Å²) < 4.78 is 5.50. The highest BCUT2D eigenvalue weighted by Gasteiger charge is 2.45. The Balaban J connectivity index is 2.61. The van der Waals surface area contributed by atoms with Crippen molar-refractivity contribution in [1.82, 2.24) is 0 Å². The van der Waals surface area contributed by atoms with E-state index in [1.807, 2.05) is 13.8 Å². The summed E-state index contributed by atoms with van der Waals surface area (Å²) in [6, 6.07) is 2.13. The first kappa shape index (κ1) is 11.7. The van der Waals surface area contributed by atoms with Crippen molar-refractivity contribution in [3.8, 4) is 5.75 Å². The predicted molar refractivity (Wildman–Crippen MR) is 67.4 cm³/mol. The van der Waals surface area contributed by atoms with Gasteiger partial charge in [0, 0.05) is 23.1 Å². The van der Waals surface area contributed by atoms with Gasteiger partial charge in [-0.1, -0.05) is 17.7 Å². The van der Waals surface area contributed by atoms with Crippen LogP contribution in [-0.2, 0) is 5.41 Å². The molecule has 0 saturated heterocycles. The Morgan fingerprint density at radius 1 is 1.44 bits per heavy atom. The van der Waals surface area contributed by atoms with Crippen LogP contribution >= 0.6 is 11.6 Å². The van der Waals surface area contributed by atoms with Crippen molar-refractivity contribution in [1.29, 1.82) is 0 Å². The molecule has 88 valence electrons. The van der Waals surface area contributed by atoms with E-state index in [1.165, 1.54) is 5.56 Å². The van der Waals surface area contributed by atoms with Crippen LogP contribution in [-0.4, -0.2) is 13.7 Å². The standard InChI is InChI=1S/C13H18ClNO/c1-8-6-10(13(7-15)4-5-13)12(16-3)9(2)11(8)14/h6H,4-5,7,15H2,1-3H3. The Morgan fingerprint density at radius 3 is 2.50 bits per heavy atom. The van der Waals surface area contributed by atoms with Crippen molar-refractivity contribution in [3.63, 3.8) is 0 Å². The van der Waals surface area contributed by atoms with Crippen LogP contribution in [0.5, 0.6) is 5.75 Å². The van der Waals surface area contributed by atoms with E-state index in [0.29, 0.717) is 6.54 Å². The molecule has 2 nitrogen and oxygen atoms in total. The lowest BCUT2D eigenvalue weighted by molar-refractivity contribution is 0.401. The van der Waals surface area contributed by atoms with Gasteiger partial charge < -0.3 is 10.5 Å². The highest BCUT2D eigenvalue weighted by atomic mass is 35.5. The summed E-state index contributed by atoms with van der Waals surface area (Å²) in [5, 5.41) is 0.799. The van der Waals surface area contributed by atoms with Crippen molar-refractivity contribution in [2.75, 3.05) is 13.7 Å². The summed E-state index contributed by atoms with van der Waals surface area (Å²) in [4.78, 5) is 0. The Labute approximate surface area is 102 Å². The third kappa shape index (κ3) is 1.61. The molecule has 1 aliphatic carbocycles. The third-order valence-electron chi connectivity index (χ3n) is 3.64. The minimum Gasteiger partial charge on any atom is -0.496 e. The summed E-state index contributed by atoms with van der Waals surface area (Å²) >= 11 is 6.24. The van der Waals surface area contributed by atoms with Gasteiger partial charge in [0.2, 0.25) is 0 Å². The van der Waals surface area contributed by atoms with E-state index in [4.69, 9.17) is 22.1 Å². The Hall–Kier alpha value is -0.730. The smallest absolute Gasteiger partial charge is 0.127 e. The van der Waals surface area contributed by atoms with Gasteiger partial charge in [-0.15, -0.1) is 0 Å². The van der Waals surface area contributed by atoms with Crippen LogP contribution in [0.4, 0.5) is 0 Å². The van der Waals surface area contributed by atoms with Gasteiger partial charge in [-0.3, -0.25) is 0 Å². The molecule has 16 heavy (non-hydrogen) atoms. The van der Waals surface area contributed by atoms with Gasteiger partial charge in [-0.05, 0) is 32.3 Å². The van der Waals surface area contributed by atoms with Gasteiger partial charge in [-0.25, -0.2) is 0 Å². The summed E-state index contributed by atoms with van der Waals surface area (Å²) in [5.74, 6) is 0.915. The lowest BCUT2D eigenvalue weighted by Gasteiger charge is -2.20. The number of benzene rings is 1. The molecule has 0 bridgehead atoms. The van der Waals surface area contributed by atoms with Crippen molar-refractivity contribution in [2.24, 2.45) is 5.73 Å². The molecule has 2 rings (SSSR count). The van der Waals surface area contributed by atoms with E-state index in [2.05, 4.69) is 6.07 Å². The second-order valence-corrected chi connectivity index (χ2v) is 5.08. The Kier molecular flexibility index (Phi) is 2.89. The van der Waals surface area contributed by atoms with Crippen molar-refractivity contribution >= 4 is 11.6 Å². The van der Waals surface area contributed by atoms with Crippen molar-refractivity contribution < 1.29 is 4.74 Å². The van der Waals surface area contributed by atoms with Gasteiger partial charge in [0.25, 0.3) is 0 Å². The number of rotatable bonds is 3.